The van der Waals surface area contributed by atoms with Crippen molar-refractivity contribution in [3.63, 3.8) is 0 Å². The molecule has 0 saturated carbocycles. The van der Waals surface area contributed by atoms with Crippen molar-refractivity contribution in [3.05, 3.63) is 23.2 Å². The molecule has 0 aromatic carbocycles. The van der Waals surface area contributed by atoms with E-state index in [-0.39, 0.29) is 5.41 Å². The van der Waals surface area contributed by atoms with Gasteiger partial charge in [0.05, 0.1) is 0 Å². The van der Waals surface area contributed by atoms with E-state index in [1.54, 1.807) is 6.20 Å². The van der Waals surface area contributed by atoms with E-state index in [9.17, 15) is 0 Å². The summed E-state index contributed by atoms with van der Waals surface area (Å²) in [5.41, 5.74) is 1.11. The highest BCUT2D eigenvalue weighted by atomic mass is 79.9. The lowest BCUT2D eigenvalue weighted by molar-refractivity contribution is 0.418. The molecule has 0 radical (unpaired) electrons. The third-order valence-electron chi connectivity index (χ3n) is 2.40. The van der Waals surface area contributed by atoms with Crippen molar-refractivity contribution >= 4 is 27.4 Å². The third kappa shape index (κ3) is 2.77. The third-order valence-corrected chi connectivity index (χ3v) is 2.78. The van der Waals surface area contributed by atoms with Crippen molar-refractivity contribution in [1.29, 1.82) is 0 Å². The summed E-state index contributed by atoms with van der Waals surface area (Å²) in [6, 6.07) is 0. The van der Waals surface area contributed by atoms with E-state index < -0.39 is 0 Å². The minimum absolute atomic E-state index is 0.225. The van der Waals surface area contributed by atoms with E-state index in [0.717, 1.165) is 22.6 Å². The molecule has 0 aliphatic carbocycles. The van der Waals surface area contributed by atoms with Gasteiger partial charge in [0.1, 0.15) is 4.60 Å². The van der Waals surface area contributed by atoms with Gasteiger partial charge in [-0.05, 0) is 21.3 Å². The topological polar surface area (TPSA) is 33.4 Å². The van der Waals surface area contributed by atoms with Crippen molar-refractivity contribution in [2.45, 2.75) is 20.8 Å². The predicted molar refractivity (Wildman–Crippen MR) is 73.4 cm³/mol. The fourth-order valence-corrected chi connectivity index (χ4v) is 2.32. The van der Waals surface area contributed by atoms with Crippen LogP contribution in [-0.2, 0) is 0 Å². The van der Waals surface area contributed by atoms with Crippen molar-refractivity contribution in [2.75, 3.05) is 18.5 Å². The second-order valence-electron chi connectivity index (χ2n) is 5.46. The maximum atomic E-state index is 4.52. The van der Waals surface area contributed by atoms with Gasteiger partial charge in [0.25, 0.3) is 0 Å². The normalized spacial score (nSPS) is 12.1. The molecule has 92 valence electrons. The molecule has 2 aromatic heterocycles. The highest BCUT2D eigenvalue weighted by Crippen LogP contribution is 2.23. The number of hydrogen-bond donors (Lipinski definition) is 0. The molecule has 4 nitrogen and oxygen atoms in total. The van der Waals surface area contributed by atoms with Crippen LogP contribution >= 0.6 is 15.9 Å². The molecule has 0 amide bonds. The Morgan fingerprint density at radius 1 is 1.41 bits per heavy atom. The highest BCUT2D eigenvalue weighted by molar-refractivity contribution is 9.10. The smallest absolute Gasteiger partial charge is 0.180 e. The fraction of sp³-hybridized carbons (Fsp3) is 0.500. The van der Waals surface area contributed by atoms with Crippen LogP contribution in [0, 0.1) is 5.41 Å². The Hall–Kier alpha value is -1.10. The van der Waals surface area contributed by atoms with Crippen LogP contribution < -0.4 is 4.90 Å². The summed E-state index contributed by atoms with van der Waals surface area (Å²) in [6.07, 6.45) is 5.63. The summed E-state index contributed by atoms with van der Waals surface area (Å²) in [6.45, 7) is 7.57. The average molecular weight is 297 g/mol. The monoisotopic (exact) mass is 296 g/mol. The molecule has 17 heavy (non-hydrogen) atoms. The standard InChI is InChI=1S/C12H17BrN4/c1-12(2,3)8-16(4)11-10-14-5-6-17(10)7-9(13)15-11/h5-7H,8H2,1-4H3. The molecule has 0 fully saturated rings. The summed E-state index contributed by atoms with van der Waals surface area (Å²) in [4.78, 5) is 11.0. The second-order valence-corrected chi connectivity index (χ2v) is 6.27. The van der Waals surface area contributed by atoms with Crippen LogP contribution in [-0.4, -0.2) is 28.0 Å². The minimum Gasteiger partial charge on any atom is -0.356 e. The maximum absolute atomic E-state index is 4.52. The summed E-state index contributed by atoms with van der Waals surface area (Å²) < 4.78 is 2.80. The van der Waals surface area contributed by atoms with Crippen molar-refractivity contribution in [3.8, 4) is 0 Å². The fourth-order valence-electron chi connectivity index (χ4n) is 1.93. The Morgan fingerprint density at radius 3 is 2.76 bits per heavy atom. The lowest BCUT2D eigenvalue weighted by Crippen LogP contribution is -2.30. The van der Waals surface area contributed by atoms with E-state index in [4.69, 9.17) is 0 Å². The Balaban J connectivity index is 2.43. The van der Waals surface area contributed by atoms with E-state index >= 15 is 0 Å². The molecular weight excluding hydrogens is 280 g/mol. The first-order valence-corrected chi connectivity index (χ1v) is 6.36. The maximum Gasteiger partial charge on any atom is 0.180 e. The van der Waals surface area contributed by atoms with Gasteiger partial charge < -0.3 is 9.30 Å². The molecule has 2 rings (SSSR count). The molecule has 2 heterocycles. The zero-order valence-corrected chi connectivity index (χ0v) is 12.2. The van der Waals surface area contributed by atoms with Gasteiger partial charge >= 0.3 is 0 Å². The zero-order chi connectivity index (χ0) is 12.6. The number of rotatable bonds is 2. The Morgan fingerprint density at radius 2 is 2.12 bits per heavy atom. The average Bonchev–Trinajstić information content (AvgIpc) is 2.60. The lowest BCUT2D eigenvalue weighted by Gasteiger charge is -2.27. The van der Waals surface area contributed by atoms with Crippen molar-refractivity contribution in [1.82, 2.24) is 14.4 Å². The van der Waals surface area contributed by atoms with Gasteiger partial charge in [0, 0.05) is 32.2 Å². The van der Waals surface area contributed by atoms with Gasteiger partial charge in [0.2, 0.25) is 0 Å². The molecule has 0 saturated heterocycles. The Kier molecular flexibility index (Phi) is 3.12. The summed E-state index contributed by atoms with van der Waals surface area (Å²) in [5.74, 6) is 0.902. The number of fused-ring (bicyclic) bond motifs is 1. The molecule has 2 aromatic rings. The Bertz CT molecular complexity index is 527. The van der Waals surface area contributed by atoms with Crippen LogP contribution in [0.5, 0.6) is 0 Å². The van der Waals surface area contributed by atoms with Crippen molar-refractivity contribution in [2.24, 2.45) is 5.41 Å². The van der Waals surface area contributed by atoms with Crippen LogP contribution in [0.4, 0.5) is 5.82 Å². The number of anilines is 1. The SMILES string of the molecule is CN(CC(C)(C)C)c1nc(Br)cn2ccnc12. The number of halogens is 1. The highest BCUT2D eigenvalue weighted by Gasteiger charge is 2.17. The number of hydrogen-bond acceptors (Lipinski definition) is 3. The number of nitrogens with zero attached hydrogens (tertiary/aromatic N) is 4. The first-order valence-electron chi connectivity index (χ1n) is 5.57. The number of imidazole rings is 1. The molecule has 5 heteroatoms. The van der Waals surface area contributed by atoms with Gasteiger partial charge in [-0.25, -0.2) is 9.97 Å². The minimum atomic E-state index is 0.225. The predicted octanol–water partition coefficient (Wildman–Crippen LogP) is 2.97. The largest absolute Gasteiger partial charge is 0.356 e. The van der Waals surface area contributed by atoms with Crippen LogP contribution in [0.1, 0.15) is 20.8 Å². The zero-order valence-electron chi connectivity index (χ0n) is 10.6. The van der Waals surface area contributed by atoms with Gasteiger partial charge in [-0.1, -0.05) is 20.8 Å². The van der Waals surface area contributed by atoms with E-state index in [2.05, 4.69) is 58.6 Å². The molecule has 0 aliphatic heterocycles. The summed E-state index contributed by atoms with van der Waals surface area (Å²) >= 11 is 3.43. The van der Waals surface area contributed by atoms with Crippen LogP contribution in [0.15, 0.2) is 23.2 Å². The molecule has 0 bridgehead atoms. The van der Waals surface area contributed by atoms with E-state index in [0.29, 0.717) is 0 Å². The van der Waals surface area contributed by atoms with Gasteiger partial charge in [-0.3, -0.25) is 0 Å². The Labute approximate surface area is 110 Å². The quantitative estimate of drug-likeness (QED) is 0.854. The van der Waals surface area contributed by atoms with Gasteiger partial charge in [-0.2, -0.15) is 0 Å². The van der Waals surface area contributed by atoms with Crippen LogP contribution in [0.2, 0.25) is 0 Å². The first kappa shape index (κ1) is 12.4. The molecule has 0 N–H and O–H groups in total. The van der Waals surface area contributed by atoms with Crippen LogP contribution in [0.25, 0.3) is 5.65 Å². The first-order chi connectivity index (χ1) is 7.87. The lowest BCUT2D eigenvalue weighted by atomic mass is 9.96. The number of aromatic nitrogens is 3. The molecule has 0 unspecified atom stereocenters. The summed E-state index contributed by atoms with van der Waals surface area (Å²) in [7, 11) is 2.05. The molecule has 0 spiro atoms. The molecule has 0 aliphatic rings. The van der Waals surface area contributed by atoms with E-state index in [1.165, 1.54) is 0 Å². The second kappa shape index (κ2) is 4.29. The van der Waals surface area contributed by atoms with E-state index in [1.807, 2.05) is 16.8 Å². The summed E-state index contributed by atoms with van der Waals surface area (Å²) in [5, 5.41) is 0. The van der Waals surface area contributed by atoms with Gasteiger partial charge in [0.15, 0.2) is 11.5 Å². The van der Waals surface area contributed by atoms with Gasteiger partial charge in [-0.15, -0.1) is 0 Å². The van der Waals surface area contributed by atoms with Crippen molar-refractivity contribution < 1.29 is 0 Å². The molecular formula is C12H17BrN4. The molecule has 0 atom stereocenters. The van der Waals surface area contributed by atoms with Crippen LogP contribution in [0.3, 0.4) is 0 Å².